The lowest BCUT2D eigenvalue weighted by Gasteiger charge is -2.26. The molecule has 1 atom stereocenters. The van der Waals surface area contributed by atoms with Gasteiger partial charge in [-0.3, -0.25) is 9.48 Å². The van der Waals surface area contributed by atoms with Crippen LogP contribution >= 0.6 is 0 Å². The monoisotopic (exact) mass is 340 g/mol. The number of amides is 1. The molecule has 0 bridgehead atoms. The molecule has 1 N–H and O–H groups in total. The third kappa shape index (κ3) is 3.60. The Labute approximate surface area is 143 Å². The summed E-state index contributed by atoms with van der Waals surface area (Å²) >= 11 is 0. The van der Waals surface area contributed by atoms with Crippen molar-refractivity contribution in [3.63, 3.8) is 0 Å². The number of fused-ring (bicyclic) bond motifs is 1. The molecule has 1 aliphatic heterocycles. The van der Waals surface area contributed by atoms with Crippen LogP contribution in [0, 0.1) is 0 Å². The zero-order valence-corrected chi connectivity index (χ0v) is 13.3. The van der Waals surface area contributed by atoms with E-state index >= 15 is 0 Å². The molecule has 25 heavy (non-hydrogen) atoms. The second-order valence-electron chi connectivity index (χ2n) is 5.59. The third-order valence-electron chi connectivity index (χ3n) is 3.65. The predicted molar refractivity (Wildman–Crippen MR) is 87.2 cm³/mol. The van der Waals surface area contributed by atoms with Gasteiger partial charge in [-0.15, -0.1) is 0 Å². The van der Waals surface area contributed by atoms with Crippen LogP contribution in [0.3, 0.4) is 0 Å². The second-order valence-corrected chi connectivity index (χ2v) is 5.59. The number of ether oxygens (including phenoxy) is 2. The average molecular weight is 340 g/mol. The summed E-state index contributed by atoms with van der Waals surface area (Å²) in [6, 6.07) is 7.56. The molecule has 1 aliphatic rings. The molecule has 0 saturated carbocycles. The van der Waals surface area contributed by atoms with Gasteiger partial charge in [-0.1, -0.05) is 12.1 Å². The van der Waals surface area contributed by atoms with E-state index in [1.807, 2.05) is 24.3 Å². The summed E-state index contributed by atoms with van der Waals surface area (Å²) in [5, 5.41) is 10.9. The topological polar surface area (TPSA) is 96.1 Å². The summed E-state index contributed by atoms with van der Waals surface area (Å²) in [7, 11) is 0. The normalized spacial score (nSPS) is 15.8. The molecule has 128 valence electrons. The van der Waals surface area contributed by atoms with Crippen molar-refractivity contribution in [2.75, 3.05) is 11.9 Å². The molecule has 0 spiro atoms. The Hall–Kier alpha value is -3.36. The van der Waals surface area contributed by atoms with Crippen LogP contribution in [0.15, 0.2) is 49.3 Å². The maximum atomic E-state index is 11.9. The summed E-state index contributed by atoms with van der Waals surface area (Å²) in [4.78, 5) is 15.7. The molecule has 2 aromatic heterocycles. The predicted octanol–water partition coefficient (Wildman–Crippen LogP) is 0.953. The van der Waals surface area contributed by atoms with Gasteiger partial charge in [0.2, 0.25) is 5.91 Å². The number of carbonyl (C=O) groups excluding carboxylic acids is 1. The molecule has 0 saturated heterocycles. The first-order chi connectivity index (χ1) is 12.3. The molecule has 9 nitrogen and oxygen atoms in total. The number of anilines is 1. The van der Waals surface area contributed by atoms with Crippen molar-refractivity contribution in [3.8, 4) is 11.5 Å². The first-order valence-electron chi connectivity index (χ1n) is 7.79. The van der Waals surface area contributed by atoms with Crippen LogP contribution in [0.2, 0.25) is 0 Å². The van der Waals surface area contributed by atoms with Gasteiger partial charge in [0.1, 0.15) is 25.8 Å². The van der Waals surface area contributed by atoms with Gasteiger partial charge in [-0.05, 0) is 12.1 Å². The standard InChI is InChI=1S/C16H16N6O3/c23-16(8-22-11-17-10-19-22)20-12-5-18-21(6-12)7-13-9-24-14-3-1-2-4-15(14)25-13/h1-6,10-11,13H,7-9H2,(H,20,23)/t13-/m1/s1. The highest BCUT2D eigenvalue weighted by Gasteiger charge is 2.21. The molecule has 9 heteroatoms. The number of rotatable bonds is 5. The van der Waals surface area contributed by atoms with Crippen LogP contribution in [0.25, 0.3) is 0 Å². The fourth-order valence-electron chi connectivity index (χ4n) is 2.55. The Morgan fingerprint density at radius 1 is 1.24 bits per heavy atom. The van der Waals surface area contributed by atoms with E-state index in [2.05, 4.69) is 20.5 Å². The lowest BCUT2D eigenvalue weighted by molar-refractivity contribution is -0.116. The summed E-state index contributed by atoms with van der Waals surface area (Å²) in [5.41, 5.74) is 0.613. The molecule has 0 fully saturated rings. The van der Waals surface area contributed by atoms with Crippen LogP contribution in [0.5, 0.6) is 11.5 Å². The number of nitrogens with one attached hydrogen (secondary N) is 1. The second kappa shape index (κ2) is 6.63. The van der Waals surface area contributed by atoms with Gasteiger partial charge in [-0.25, -0.2) is 9.67 Å². The summed E-state index contributed by atoms with van der Waals surface area (Å²) in [5.74, 6) is 1.28. The van der Waals surface area contributed by atoms with Crippen LogP contribution in [0.4, 0.5) is 5.69 Å². The minimum atomic E-state index is -0.198. The Morgan fingerprint density at radius 2 is 2.12 bits per heavy atom. The average Bonchev–Trinajstić information content (AvgIpc) is 3.27. The molecule has 4 rings (SSSR count). The van der Waals surface area contributed by atoms with E-state index in [1.54, 1.807) is 17.1 Å². The maximum absolute atomic E-state index is 11.9. The van der Waals surface area contributed by atoms with Crippen molar-refractivity contribution in [2.45, 2.75) is 19.2 Å². The number of carbonyl (C=O) groups is 1. The van der Waals surface area contributed by atoms with E-state index in [4.69, 9.17) is 9.47 Å². The van der Waals surface area contributed by atoms with Crippen molar-refractivity contribution in [1.82, 2.24) is 24.5 Å². The quantitative estimate of drug-likeness (QED) is 0.743. The molecular weight excluding hydrogens is 324 g/mol. The van der Waals surface area contributed by atoms with Gasteiger partial charge < -0.3 is 14.8 Å². The number of para-hydroxylation sites is 2. The molecule has 0 radical (unpaired) electrons. The van der Waals surface area contributed by atoms with Crippen molar-refractivity contribution in [3.05, 3.63) is 49.3 Å². The Bertz CT molecular complexity index is 860. The number of nitrogens with zero attached hydrogens (tertiary/aromatic N) is 5. The molecule has 3 heterocycles. The minimum Gasteiger partial charge on any atom is -0.486 e. The number of aromatic nitrogens is 5. The van der Waals surface area contributed by atoms with Crippen LogP contribution < -0.4 is 14.8 Å². The van der Waals surface area contributed by atoms with E-state index in [0.717, 1.165) is 11.5 Å². The zero-order valence-electron chi connectivity index (χ0n) is 13.3. The van der Waals surface area contributed by atoms with Gasteiger partial charge >= 0.3 is 0 Å². The first kappa shape index (κ1) is 15.2. The minimum absolute atomic E-state index is 0.0988. The SMILES string of the molecule is O=C(Cn1cncn1)Nc1cnn(C[C@@H]2COc3ccccc3O2)c1. The lowest BCUT2D eigenvalue weighted by atomic mass is 10.2. The van der Waals surface area contributed by atoms with Gasteiger partial charge in [0.05, 0.1) is 18.4 Å². The molecule has 0 unspecified atom stereocenters. The van der Waals surface area contributed by atoms with Crippen molar-refractivity contribution < 1.29 is 14.3 Å². The Morgan fingerprint density at radius 3 is 2.96 bits per heavy atom. The fourth-order valence-corrected chi connectivity index (χ4v) is 2.55. The third-order valence-corrected chi connectivity index (χ3v) is 3.65. The Balaban J connectivity index is 1.33. The highest BCUT2D eigenvalue weighted by atomic mass is 16.6. The smallest absolute Gasteiger partial charge is 0.246 e. The molecule has 3 aromatic rings. The van der Waals surface area contributed by atoms with E-state index in [-0.39, 0.29) is 18.6 Å². The largest absolute Gasteiger partial charge is 0.486 e. The van der Waals surface area contributed by atoms with E-state index in [1.165, 1.54) is 17.3 Å². The summed E-state index contributed by atoms with van der Waals surface area (Å²) in [6.07, 6.45) is 6.07. The highest BCUT2D eigenvalue weighted by Crippen LogP contribution is 2.31. The molecule has 1 aromatic carbocycles. The van der Waals surface area contributed by atoms with Crippen LogP contribution in [0.1, 0.15) is 0 Å². The van der Waals surface area contributed by atoms with Crippen LogP contribution in [-0.2, 0) is 17.9 Å². The highest BCUT2D eigenvalue weighted by molar-refractivity contribution is 5.90. The van der Waals surface area contributed by atoms with E-state index in [0.29, 0.717) is 18.8 Å². The van der Waals surface area contributed by atoms with Crippen molar-refractivity contribution in [1.29, 1.82) is 0 Å². The number of hydrogen-bond donors (Lipinski definition) is 1. The number of hydrogen-bond acceptors (Lipinski definition) is 6. The molecule has 1 amide bonds. The van der Waals surface area contributed by atoms with Crippen LogP contribution in [-0.4, -0.2) is 43.2 Å². The van der Waals surface area contributed by atoms with Gasteiger partial charge in [0.25, 0.3) is 0 Å². The van der Waals surface area contributed by atoms with E-state index < -0.39 is 0 Å². The van der Waals surface area contributed by atoms with Gasteiger partial charge in [0, 0.05) is 6.20 Å². The number of benzene rings is 1. The van der Waals surface area contributed by atoms with Gasteiger partial charge in [0.15, 0.2) is 17.6 Å². The fraction of sp³-hybridized carbons (Fsp3) is 0.250. The van der Waals surface area contributed by atoms with E-state index in [9.17, 15) is 4.79 Å². The zero-order chi connectivity index (χ0) is 17.1. The first-order valence-corrected chi connectivity index (χ1v) is 7.79. The summed E-state index contributed by atoms with van der Waals surface area (Å²) in [6.45, 7) is 1.07. The molecule has 0 aliphatic carbocycles. The summed E-state index contributed by atoms with van der Waals surface area (Å²) < 4.78 is 14.8. The maximum Gasteiger partial charge on any atom is 0.246 e. The van der Waals surface area contributed by atoms with Crippen molar-refractivity contribution in [2.24, 2.45) is 0 Å². The molecular formula is C16H16N6O3. The van der Waals surface area contributed by atoms with Gasteiger partial charge in [-0.2, -0.15) is 10.2 Å². The Kier molecular flexibility index (Phi) is 4.03. The van der Waals surface area contributed by atoms with Crippen molar-refractivity contribution >= 4 is 11.6 Å². The lowest BCUT2D eigenvalue weighted by Crippen LogP contribution is -2.33.